The second-order valence-corrected chi connectivity index (χ2v) is 6.76. The number of methoxy groups -OCH3 is 1. The maximum absolute atomic E-state index is 13.1. The number of nitrogens with zero attached hydrogens (tertiary/aromatic N) is 2. The summed E-state index contributed by atoms with van der Waals surface area (Å²) in [6, 6.07) is 15.0. The SMILES string of the molecule is COc1ccc2nc(C)c(C(=O)N(C)[C@H](C)c3ccc(Cl)cc3)cc2c1. The van der Waals surface area contributed by atoms with Crippen LogP contribution in [0.5, 0.6) is 5.75 Å². The van der Waals surface area contributed by atoms with Crippen LogP contribution in [0.25, 0.3) is 10.9 Å². The second-order valence-electron chi connectivity index (χ2n) is 6.32. The maximum atomic E-state index is 13.1. The molecule has 2 aromatic carbocycles. The number of halogens is 1. The molecule has 0 spiro atoms. The largest absolute Gasteiger partial charge is 0.497 e. The number of benzene rings is 2. The number of ether oxygens (including phenoxy) is 1. The fourth-order valence-corrected chi connectivity index (χ4v) is 3.05. The van der Waals surface area contributed by atoms with Crippen LogP contribution in [0.15, 0.2) is 48.5 Å². The third-order valence-electron chi connectivity index (χ3n) is 4.70. The Morgan fingerprint density at radius 2 is 1.85 bits per heavy atom. The number of hydrogen-bond donors (Lipinski definition) is 0. The summed E-state index contributed by atoms with van der Waals surface area (Å²) in [6.07, 6.45) is 0. The van der Waals surface area contributed by atoms with E-state index < -0.39 is 0 Å². The zero-order chi connectivity index (χ0) is 18.8. The highest BCUT2D eigenvalue weighted by Gasteiger charge is 2.21. The molecule has 0 unspecified atom stereocenters. The molecule has 0 saturated heterocycles. The van der Waals surface area contributed by atoms with Crippen LogP contribution in [0.4, 0.5) is 0 Å². The first-order chi connectivity index (χ1) is 12.4. The summed E-state index contributed by atoms with van der Waals surface area (Å²) in [7, 11) is 3.42. The van der Waals surface area contributed by atoms with Crippen molar-refractivity contribution in [2.75, 3.05) is 14.2 Å². The van der Waals surface area contributed by atoms with Gasteiger partial charge in [-0.25, -0.2) is 0 Å². The van der Waals surface area contributed by atoms with Gasteiger partial charge in [0.2, 0.25) is 0 Å². The van der Waals surface area contributed by atoms with Crippen molar-refractivity contribution in [3.63, 3.8) is 0 Å². The zero-order valence-electron chi connectivity index (χ0n) is 15.3. The molecule has 1 heterocycles. The first kappa shape index (κ1) is 18.2. The van der Waals surface area contributed by atoms with Gasteiger partial charge in [0.1, 0.15) is 5.75 Å². The molecule has 0 bridgehead atoms. The van der Waals surface area contributed by atoms with Gasteiger partial charge in [0.05, 0.1) is 29.9 Å². The first-order valence-corrected chi connectivity index (χ1v) is 8.76. The van der Waals surface area contributed by atoms with E-state index in [2.05, 4.69) is 4.98 Å². The Bertz CT molecular complexity index is 954. The van der Waals surface area contributed by atoms with Gasteiger partial charge >= 0.3 is 0 Å². The van der Waals surface area contributed by atoms with Crippen LogP contribution in [0.2, 0.25) is 5.02 Å². The Kier molecular flexibility index (Phi) is 5.14. The van der Waals surface area contributed by atoms with Gasteiger partial charge in [-0.2, -0.15) is 0 Å². The van der Waals surface area contributed by atoms with Crippen molar-refractivity contribution in [1.29, 1.82) is 0 Å². The third-order valence-corrected chi connectivity index (χ3v) is 4.95. The van der Waals surface area contributed by atoms with E-state index in [0.29, 0.717) is 16.3 Å². The zero-order valence-corrected chi connectivity index (χ0v) is 16.0. The van der Waals surface area contributed by atoms with Crippen molar-refractivity contribution in [2.45, 2.75) is 19.9 Å². The normalized spacial score (nSPS) is 12.0. The van der Waals surface area contributed by atoms with Gasteiger partial charge in [-0.15, -0.1) is 0 Å². The lowest BCUT2D eigenvalue weighted by Crippen LogP contribution is -2.30. The molecular formula is C21H21ClN2O2. The molecule has 1 atom stereocenters. The van der Waals surface area contributed by atoms with Crippen LogP contribution in [0.3, 0.4) is 0 Å². The third kappa shape index (κ3) is 3.51. The van der Waals surface area contributed by atoms with E-state index in [1.54, 1.807) is 19.1 Å². The fourth-order valence-electron chi connectivity index (χ4n) is 2.93. The maximum Gasteiger partial charge on any atom is 0.255 e. The lowest BCUT2D eigenvalue weighted by Gasteiger charge is -2.26. The Hall–Kier alpha value is -2.59. The highest BCUT2D eigenvalue weighted by Crippen LogP contribution is 2.26. The summed E-state index contributed by atoms with van der Waals surface area (Å²) < 4.78 is 5.27. The first-order valence-electron chi connectivity index (χ1n) is 8.38. The van der Waals surface area contributed by atoms with Crippen LogP contribution in [0.1, 0.15) is 34.6 Å². The van der Waals surface area contributed by atoms with Crippen LogP contribution in [-0.2, 0) is 0 Å². The monoisotopic (exact) mass is 368 g/mol. The number of amides is 1. The van der Waals surface area contributed by atoms with Crippen LogP contribution >= 0.6 is 11.6 Å². The molecule has 1 aromatic heterocycles. The standard InChI is InChI=1S/C21H21ClN2O2/c1-13-19(12-16-11-18(26-4)9-10-20(16)23-13)21(25)24(3)14(2)15-5-7-17(22)8-6-15/h5-12,14H,1-4H3/t14-/m1/s1. The molecule has 3 rings (SSSR count). The Labute approximate surface area is 158 Å². The van der Waals surface area contributed by atoms with Gasteiger partial charge in [0.15, 0.2) is 0 Å². The van der Waals surface area contributed by atoms with Gasteiger partial charge in [0.25, 0.3) is 5.91 Å². The Morgan fingerprint density at radius 1 is 1.15 bits per heavy atom. The molecule has 134 valence electrons. The number of carbonyl (C=O) groups is 1. The number of aromatic nitrogens is 1. The number of hydrogen-bond acceptors (Lipinski definition) is 3. The van der Waals surface area contributed by atoms with Crippen molar-refractivity contribution in [3.05, 3.63) is 70.4 Å². The van der Waals surface area contributed by atoms with Gasteiger partial charge in [-0.3, -0.25) is 9.78 Å². The minimum atomic E-state index is -0.0832. The van der Waals surface area contributed by atoms with E-state index in [4.69, 9.17) is 16.3 Å². The number of carbonyl (C=O) groups excluding carboxylic acids is 1. The van der Waals surface area contributed by atoms with Gasteiger partial charge in [-0.05, 0) is 55.8 Å². The second kappa shape index (κ2) is 7.34. The summed E-state index contributed by atoms with van der Waals surface area (Å²) in [5.74, 6) is 0.673. The number of fused-ring (bicyclic) bond motifs is 1. The predicted octanol–water partition coefficient (Wildman–Crippen LogP) is 5.04. The topological polar surface area (TPSA) is 42.4 Å². The minimum absolute atomic E-state index is 0.0674. The van der Waals surface area contributed by atoms with Crippen LogP contribution in [0, 0.1) is 6.92 Å². The van der Waals surface area contributed by atoms with E-state index in [0.717, 1.165) is 22.2 Å². The average molecular weight is 369 g/mol. The molecular weight excluding hydrogens is 348 g/mol. The lowest BCUT2D eigenvalue weighted by molar-refractivity contribution is 0.0741. The van der Waals surface area contributed by atoms with E-state index >= 15 is 0 Å². The highest BCUT2D eigenvalue weighted by molar-refractivity contribution is 6.30. The molecule has 0 aliphatic rings. The molecule has 4 nitrogen and oxygen atoms in total. The van der Waals surface area contributed by atoms with Gasteiger partial charge < -0.3 is 9.64 Å². The molecule has 0 aliphatic heterocycles. The number of rotatable bonds is 4. The van der Waals surface area contributed by atoms with Gasteiger partial charge in [0, 0.05) is 17.5 Å². The van der Waals surface area contributed by atoms with E-state index in [-0.39, 0.29) is 11.9 Å². The van der Waals surface area contributed by atoms with Crippen LogP contribution in [-0.4, -0.2) is 29.9 Å². The van der Waals surface area contributed by atoms with E-state index in [9.17, 15) is 4.79 Å². The molecule has 1 amide bonds. The lowest BCUT2D eigenvalue weighted by atomic mass is 10.0. The fraction of sp³-hybridized carbons (Fsp3) is 0.238. The van der Waals surface area contributed by atoms with Crippen molar-refractivity contribution in [1.82, 2.24) is 9.88 Å². The summed E-state index contributed by atoms with van der Waals surface area (Å²) in [6.45, 7) is 3.85. The molecule has 0 fully saturated rings. The average Bonchev–Trinajstić information content (AvgIpc) is 2.66. The molecule has 5 heteroatoms. The Morgan fingerprint density at radius 3 is 2.50 bits per heavy atom. The summed E-state index contributed by atoms with van der Waals surface area (Å²) in [4.78, 5) is 19.4. The number of aryl methyl sites for hydroxylation is 1. The minimum Gasteiger partial charge on any atom is -0.497 e. The molecule has 3 aromatic rings. The van der Waals surface area contributed by atoms with Crippen molar-refractivity contribution >= 4 is 28.4 Å². The smallest absolute Gasteiger partial charge is 0.255 e. The Balaban J connectivity index is 1.95. The van der Waals surface area contributed by atoms with E-state index in [1.165, 1.54) is 0 Å². The summed E-state index contributed by atoms with van der Waals surface area (Å²) >= 11 is 5.96. The molecule has 0 N–H and O–H groups in total. The van der Waals surface area contributed by atoms with Gasteiger partial charge in [-0.1, -0.05) is 23.7 Å². The van der Waals surface area contributed by atoms with Crippen LogP contribution < -0.4 is 4.74 Å². The molecule has 0 radical (unpaired) electrons. The molecule has 0 saturated carbocycles. The van der Waals surface area contributed by atoms with Crippen molar-refractivity contribution in [2.24, 2.45) is 0 Å². The predicted molar refractivity (Wildman–Crippen MR) is 105 cm³/mol. The molecule has 26 heavy (non-hydrogen) atoms. The van der Waals surface area contributed by atoms with E-state index in [1.807, 2.05) is 62.4 Å². The summed E-state index contributed by atoms with van der Waals surface area (Å²) in [5, 5.41) is 1.56. The molecule has 0 aliphatic carbocycles. The summed E-state index contributed by atoms with van der Waals surface area (Å²) in [5.41, 5.74) is 3.17. The van der Waals surface area contributed by atoms with Crippen molar-refractivity contribution in [3.8, 4) is 5.75 Å². The quantitative estimate of drug-likeness (QED) is 0.648. The van der Waals surface area contributed by atoms with Crippen molar-refractivity contribution < 1.29 is 9.53 Å². The highest BCUT2D eigenvalue weighted by atomic mass is 35.5. The number of pyridine rings is 1.